The average molecular weight is 373 g/mol. The maximum Gasteiger partial charge on any atom is 0.220 e. The molecular formula is C21H25ClN2O2. The van der Waals surface area contributed by atoms with E-state index in [1.165, 1.54) is 11.1 Å². The molecule has 1 saturated heterocycles. The molecule has 138 valence electrons. The molecule has 2 aromatic rings. The lowest BCUT2D eigenvalue weighted by Crippen LogP contribution is -2.36. The number of amides is 1. The first kappa shape index (κ1) is 18.9. The van der Waals surface area contributed by atoms with Crippen LogP contribution in [0.25, 0.3) is 0 Å². The minimum atomic E-state index is 0.0613. The predicted molar refractivity (Wildman–Crippen MR) is 104 cm³/mol. The number of aryl methyl sites for hydroxylation is 1. The number of ether oxygens (including phenoxy) is 1. The average Bonchev–Trinajstić information content (AvgIpc) is 2.66. The van der Waals surface area contributed by atoms with Crippen LogP contribution in [0.4, 0.5) is 0 Å². The molecule has 3 rings (SSSR count). The molecule has 1 N–H and O–H groups in total. The number of morpholine rings is 1. The SMILES string of the molecule is O=C(CCc1cccc(Cl)c1)NCc1ccccc1CN1CCOCC1. The zero-order valence-electron chi connectivity index (χ0n) is 14.9. The van der Waals surface area contributed by atoms with Gasteiger partial charge in [0.2, 0.25) is 5.91 Å². The third-order valence-corrected chi connectivity index (χ3v) is 4.86. The van der Waals surface area contributed by atoms with Crippen molar-refractivity contribution in [3.05, 3.63) is 70.2 Å². The Kier molecular flexibility index (Phi) is 7.06. The van der Waals surface area contributed by atoms with E-state index in [2.05, 4.69) is 28.4 Å². The summed E-state index contributed by atoms with van der Waals surface area (Å²) in [5, 5.41) is 3.75. The van der Waals surface area contributed by atoms with Crippen molar-refractivity contribution in [1.82, 2.24) is 10.2 Å². The van der Waals surface area contributed by atoms with Crippen molar-refractivity contribution in [2.75, 3.05) is 26.3 Å². The lowest BCUT2D eigenvalue weighted by molar-refractivity contribution is -0.121. The summed E-state index contributed by atoms with van der Waals surface area (Å²) in [6, 6.07) is 16.0. The summed E-state index contributed by atoms with van der Waals surface area (Å²) in [5.41, 5.74) is 3.53. The zero-order valence-corrected chi connectivity index (χ0v) is 15.7. The van der Waals surface area contributed by atoms with E-state index in [9.17, 15) is 4.79 Å². The molecular weight excluding hydrogens is 348 g/mol. The lowest BCUT2D eigenvalue weighted by Gasteiger charge is -2.27. The van der Waals surface area contributed by atoms with E-state index < -0.39 is 0 Å². The number of hydrogen-bond acceptors (Lipinski definition) is 3. The second-order valence-electron chi connectivity index (χ2n) is 6.56. The van der Waals surface area contributed by atoms with Crippen molar-refractivity contribution in [3.63, 3.8) is 0 Å². The van der Waals surface area contributed by atoms with Gasteiger partial charge in [-0.1, -0.05) is 48.0 Å². The summed E-state index contributed by atoms with van der Waals surface area (Å²) < 4.78 is 5.41. The Labute approximate surface area is 160 Å². The number of benzene rings is 2. The summed E-state index contributed by atoms with van der Waals surface area (Å²) >= 11 is 5.99. The van der Waals surface area contributed by atoms with Gasteiger partial charge in [-0.05, 0) is 35.2 Å². The number of nitrogens with one attached hydrogen (secondary N) is 1. The van der Waals surface area contributed by atoms with Crippen LogP contribution in [0.1, 0.15) is 23.1 Å². The molecule has 0 atom stereocenters. The van der Waals surface area contributed by atoms with Gasteiger partial charge in [0.1, 0.15) is 0 Å². The van der Waals surface area contributed by atoms with Gasteiger partial charge in [0.05, 0.1) is 13.2 Å². The first-order valence-electron chi connectivity index (χ1n) is 9.09. The normalized spacial score (nSPS) is 15.0. The fourth-order valence-electron chi connectivity index (χ4n) is 3.12. The van der Waals surface area contributed by atoms with Gasteiger partial charge in [-0.15, -0.1) is 0 Å². The molecule has 1 aliphatic rings. The highest BCUT2D eigenvalue weighted by molar-refractivity contribution is 6.30. The molecule has 1 heterocycles. The molecule has 0 aliphatic carbocycles. The quantitative estimate of drug-likeness (QED) is 0.809. The van der Waals surface area contributed by atoms with Crippen molar-refractivity contribution in [2.45, 2.75) is 25.9 Å². The Morgan fingerprint density at radius 1 is 1.08 bits per heavy atom. The van der Waals surface area contributed by atoms with Crippen LogP contribution in [0.2, 0.25) is 5.02 Å². The third kappa shape index (κ3) is 5.84. The topological polar surface area (TPSA) is 41.6 Å². The molecule has 0 radical (unpaired) electrons. The number of carbonyl (C=O) groups excluding carboxylic acids is 1. The van der Waals surface area contributed by atoms with Gasteiger partial charge in [0.25, 0.3) is 0 Å². The number of rotatable bonds is 7. The van der Waals surface area contributed by atoms with Crippen LogP contribution in [0.5, 0.6) is 0 Å². The second-order valence-corrected chi connectivity index (χ2v) is 7.00. The predicted octanol–water partition coefficient (Wildman–Crippen LogP) is 3.42. The smallest absolute Gasteiger partial charge is 0.220 e. The molecule has 0 bridgehead atoms. The van der Waals surface area contributed by atoms with Crippen LogP contribution in [0, 0.1) is 0 Å². The summed E-state index contributed by atoms with van der Waals surface area (Å²) in [6.07, 6.45) is 1.16. The van der Waals surface area contributed by atoms with Gasteiger partial charge in [-0.25, -0.2) is 0 Å². The monoisotopic (exact) mass is 372 g/mol. The van der Waals surface area contributed by atoms with E-state index in [0.29, 0.717) is 24.4 Å². The van der Waals surface area contributed by atoms with Gasteiger partial charge in [-0.2, -0.15) is 0 Å². The van der Waals surface area contributed by atoms with Crippen LogP contribution in [0.3, 0.4) is 0 Å². The number of nitrogens with zero attached hydrogens (tertiary/aromatic N) is 1. The summed E-state index contributed by atoms with van der Waals surface area (Å²) in [6.45, 7) is 4.97. The Morgan fingerprint density at radius 3 is 2.62 bits per heavy atom. The standard InChI is InChI=1S/C21H25ClN2O2/c22-20-7-3-4-17(14-20)8-9-21(25)23-15-18-5-1-2-6-19(18)16-24-10-12-26-13-11-24/h1-7,14H,8-13,15-16H2,(H,23,25). The molecule has 1 fully saturated rings. The van der Waals surface area contributed by atoms with E-state index in [4.69, 9.17) is 16.3 Å². The molecule has 1 aliphatic heterocycles. The maximum atomic E-state index is 12.2. The highest BCUT2D eigenvalue weighted by Gasteiger charge is 2.13. The number of halogens is 1. The van der Waals surface area contributed by atoms with Gasteiger partial charge >= 0.3 is 0 Å². The van der Waals surface area contributed by atoms with Crippen molar-refractivity contribution in [1.29, 1.82) is 0 Å². The maximum absolute atomic E-state index is 12.2. The third-order valence-electron chi connectivity index (χ3n) is 4.62. The molecule has 26 heavy (non-hydrogen) atoms. The fraction of sp³-hybridized carbons (Fsp3) is 0.381. The van der Waals surface area contributed by atoms with Gasteiger partial charge in [0, 0.05) is 37.6 Å². The Balaban J connectivity index is 1.50. The second kappa shape index (κ2) is 9.72. The summed E-state index contributed by atoms with van der Waals surface area (Å²) in [4.78, 5) is 14.6. The van der Waals surface area contributed by atoms with Crippen LogP contribution >= 0.6 is 11.6 Å². The van der Waals surface area contributed by atoms with Gasteiger partial charge < -0.3 is 10.1 Å². The number of carbonyl (C=O) groups is 1. The summed E-state index contributed by atoms with van der Waals surface area (Å²) in [5.74, 6) is 0.0613. The van der Waals surface area contributed by atoms with E-state index in [1.54, 1.807) is 0 Å². The molecule has 5 heteroatoms. The van der Waals surface area contributed by atoms with Crippen LogP contribution in [-0.2, 0) is 29.0 Å². The lowest BCUT2D eigenvalue weighted by atomic mass is 10.1. The van der Waals surface area contributed by atoms with Crippen LogP contribution in [0.15, 0.2) is 48.5 Å². The van der Waals surface area contributed by atoms with Crippen molar-refractivity contribution in [2.24, 2.45) is 0 Å². The van der Waals surface area contributed by atoms with E-state index in [1.807, 2.05) is 30.3 Å². The highest BCUT2D eigenvalue weighted by atomic mass is 35.5. The van der Waals surface area contributed by atoms with Crippen molar-refractivity contribution in [3.8, 4) is 0 Å². The molecule has 0 unspecified atom stereocenters. The summed E-state index contributed by atoms with van der Waals surface area (Å²) in [7, 11) is 0. The van der Waals surface area contributed by atoms with E-state index >= 15 is 0 Å². The van der Waals surface area contributed by atoms with Gasteiger partial charge in [0.15, 0.2) is 0 Å². The minimum absolute atomic E-state index is 0.0613. The highest BCUT2D eigenvalue weighted by Crippen LogP contribution is 2.14. The van der Waals surface area contributed by atoms with Crippen LogP contribution in [-0.4, -0.2) is 37.1 Å². The van der Waals surface area contributed by atoms with Crippen LogP contribution < -0.4 is 5.32 Å². The fourth-order valence-corrected chi connectivity index (χ4v) is 3.33. The molecule has 0 saturated carbocycles. The Hall–Kier alpha value is -1.88. The molecule has 1 amide bonds. The first-order valence-corrected chi connectivity index (χ1v) is 9.46. The van der Waals surface area contributed by atoms with E-state index in [-0.39, 0.29) is 5.91 Å². The number of hydrogen-bond donors (Lipinski definition) is 1. The Morgan fingerprint density at radius 2 is 1.85 bits per heavy atom. The van der Waals surface area contributed by atoms with E-state index in [0.717, 1.165) is 38.4 Å². The molecule has 0 spiro atoms. The zero-order chi connectivity index (χ0) is 18.2. The molecule has 0 aromatic heterocycles. The Bertz CT molecular complexity index is 729. The van der Waals surface area contributed by atoms with Crippen molar-refractivity contribution < 1.29 is 9.53 Å². The largest absolute Gasteiger partial charge is 0.379 e. The minimum Gasteiger partial charge on any atom is -0.379 e. The first-order chi connectivity index (χ1) is 12.7. The van der Waals surface area contributed by atoms with Gasteiger partial charge in [-0.3, -0.25) is 9.69 Å². The molecule has 4 nitrogen and oxygen atoms in total. The van der Waals surface area contributed by atoms with Crippen molar-refractivity contribution >= 4 is 17.5 Å². The molecule has 2 aromatic carbocycles.